The number of benzene rings is 1. The normalized spacial score (nSPS) is 11.7. The molecule has 0 saturated carbocycles. The van der Waals surface area contributed by atoms with Crippen molar-refractivity contribution in [3.05, 3.63) is 35.7 Å². The second kappa shape index (κ2) is 11.8. The van der Waals surface area contributed by atoms with Gasteiger partial charge in [0.05, 0.1) is 13.2 Å². The minimum absolute atomic E-state index is 0. The first-order valence-corrected chi connectivity index (χ1v) is 8.22. The maximum atomic E-state index is 8.60. The van der Waals surface area contributed by atoms with Crippen molar-refractivity contribution >= 4 is 19.7 Å². The second-order valence-corrected chi connectivity index (χ2v) is 5.66. The van der Waals surface area contributed by atoms with Gasteiger partial charge in [0.2, 0.25) is 0 Å². The van der Waals surface area contributed by atoms with Gasteiger partial charge in [-0.3, -0.25) is 0 Å². The summed E-state index contributed by atoms with van der Waals surface area (Å²) in [5.74, 6) is 1.47. The third-order valence-electron chi connectivity index (χ3n) is 3.81. The molecule has 26 heavy (non-hydrogen) atoms. The van der Waals surface area contributed by atoms with Crippen molar-refractivity contribution < 1.29 is 19.4 Å². The van der Waals surface area contributed by atoms with Gasteiger partial charge < -0.3 is 25.2 Å². The molecule has 0 aliphatic rings. The summed E-state index contributed by atoms with van der Waals surface area (Å²) in [5.41, 5.74) is 7.31. The number of ether oxygens (including phenoxy) is 1. The summed E-state index contributed by atoms with van der Waals surface area (Å²) in [6.07, 6.45) is 2.90. The molecule has 0 bridgehead atoms. The third-order valence-corrected chi connectivity index (χ3v) is 3.81. The lowest BCUT2D eigenvalue weighted by Crippen LogP contribution is -2.19. The first-order valence-electron chi connectivity index (χ1n) is 8.22. The van der Waals surface area contributed by atoms with E-state index in [1.807, 2.05) is 24.3 Å². The Balaban J connectivity index is 0.00000338. The molecular formula is C15H25BClN5O4. The van der Waals surface area contributed by atoms with Crippen LogP contribution in [-0.2, 0) is 17.6 Å². The number of aromatic nitrogens is 4. The zero-order valence-electron chi connectivity index (χ0n) is 14.7. The van der Waals surface area contributed by atoms with Crippen LogP contribution in [0.1, 0.15) is 36.7 Å². The van der Waals surface area contributed by atoms with Crippen molar-refractivity contribution in [1.29, 1.82) is 0 Å². The van der Waals surface area contributed by atoms with E-state index in [9.17, 15) is 0 Å². The molecule has 2 rings (SSSR count). The third kappa shape index (κ3) is 7.26. The zero-order chi connectivity index (χ0) is 18.1. The molecule has 11 heteroatoms. The summed E-state index contributed by atoms with van der Waals surface area (Å²) >= 11 is 0. The maximum Gasteiger partial charge on any atom is 0.633 e. The molecule has 0 aliphatic carbocycles. The van der Waals surface area contributed by atoms with Crippen LogP contribution in [0.15, 0.2) is 24.3 Å². The SMILES string of the molecule is COc1cccc(CCn2nnnc2C(N)CCCCOB(O)O)c1.Cl. The van der Waals surface area contributed by atoms with Gasteiger partial charge in [-0.1, -0.05) is 12.1 Å². The quantitative estimate of drug-likeness (QED) is 0.377. The average Bonchev–Trinajstić information content (AvgIpc) is 3.08. The molecule has 1 aromatic carbocycles. The van der Waals surface area contributed by atoms with Crippen molar-refractivity contribution in [3.8, 4) is 5.75 Å². The van der Waals surface area contributed by atoms with E-state index in [2.05, 4.69) is 20.2 Å². The standard InChI is InChI=1S/C15H24BN5O4.ClH/c1-24-13-6-4-5-12(11-13)8-9-21-15(18-19-20-21)14(17)7-2-3-10-25-16(22)23;/h4-6,11,14,22-23H,2-3,7-10,17H2,1H3;1H. The van der Waals surface area contributed by atoms with Gasteiger partial charge in [-0.05, 0) is 53.8 Å². The lowest BCUT2D eigenvalue weighted by atomic mass is 10.1. The molecule has 0 spiro atoms. The molecule has 4 N–H and O–H groups in total. The number of methoxy groups -OCH3 is 1. The van der Waals surface area contributed by atoms with E-state index in [-0.39, 0.29) is 25.1 Å². The monoisotopic (exact) mass is 385 g/mol. The van der Waals surface area contributed by atoms with Gasteiger partial charge in [0.25, 0.3) is 0 Å². The van der Waals surface area contributed by atoms with E-state index in [1.165, 1.54) is 0 Å². The van der Waals surface area contributed by atoms with Gasteiger partial charge in [0, 0.05) is 13.2 Å². The fourth-order valence-corrected chi connectivity index (χ4v) is 2.48. The molecule has 144 valence electrons. The van der Waals surface area contributed by atoms with Crippen LogP contribution in [-0.4, -0.2) is 51.3 Å². The predicted octanol–water partition coefficient (Wildman–Crippen LogP) is 0.502. The number of tetrazole rings is 1. The largest absolute Gasteiger partial charge is 0.633 e. The number of hydrogen-bond donors (Lipinski definition) is 3. The molecule has 1 aromatic heterocycles. The summed E-state index contributed by atoms with van der Waals surface area (Å²) in [7, 11) is -0.0817. The first-order chi connectivity index (χ1) is 12.1. The number of aryl methyl sites for hydroxylation is 2. The summed E-state index contributed by atoms with van der Waals surface area (Å²) in [6.45, 7) is 0.897. The Labute approximate surface area is 159 Å². The average molecular weight is 386 g/mol. The lowest BCUT2D eigenvalue weighted by molar-refractivity contribution is 0.181. The van der Waals surface area contributed by atoms with Crippen molar-refractivity contribution in [1.82, 2.24) is 20.2 Å². The van der Waals surface area contributed by atoms with Crippen LogP contribution in [0.25, 0.3) is 0 Å². The van der Waals surface area contributed by atoms with Gasteiger partial charge in [-0.15, -0.1) is 17.5 Å². The van der Waals surface area contributed by atoms with Crippen LogP contribution < -0.4 is 10.5 Å². The second-order valence-electron chi connectivity index (χ2n) is 5.66. The number of halogens is 1. The number of hydrogen-bond acceptors (Lipinski definition) is 8. The topological polar surface area (TPSA) is 129 Å². The van der Waals surface area contributed by atoms with E-state index in [1.54, 1.807) is 11.8 Å². The molecular weight excluding hydrogens is 360 g/mol. The number of rotatable bonds is 11. The molecule has 0 amide bonds. The Morgan fingerprint density at radius 3 is 2.85 bits per heavy atom. The summed E-state index contributed by atoms with van der Waals surface area (Å²) < 4.78 is 11.6. The minimum Gasteiger partial charge on any atom is -0.497 e. The van der Waals surface area contributed by atoms with E-state index < -0.39 is 7.32 Å². The van der Waals surface area contributed by atoms with Gasteiger partial charge in [0.1, 0.15) is 5.75 Å². The Morgan fingerprint density at radius 1 is 1.31 bits per heavy atom. The Kier molecular flexibility index (Phi) is 10.1. The number of nitrogens with zero attached hydrogens (tertiary/aromatic N) is 4. The molecule has 0 aliphatic heterocycles. The highest BCUT2D eigenvalue weighted by Gasteiger charge is 2.15. The summed E-state index contributed by atoms with van der Waals surface area (Å²) in [4.78, 5) is 0. The van der Waals surface area contributed by atoms with Crippen LogP contribution in [0.5, 0.6) is 5.75 Å². The highest BCUT2D eigenvalue weighted by molar-refractivity contribution is 6.32. The highest BCUT2D eigenvalue weighted by atomic mass is 35.5. The van der Waals surface area contributed by atoms with Crippen LogP contribution >= 0.6 is 12.4 Å². The van der Waals surface area contributed by atoms with Crippen molar-refractivity contribution in [2.24, 2.45) is 5.73 Å². The molecule has 1 unspecified atom stereocenters. The molecule has 2 aromatic rings. The van der Waals surface area contributed by atoms with Crippen LogP contribution in [0.3, 0.4) is 0 Å². The zero-order valence-corrected chi connectivity index (χ0v) is 15.5. The van der Waals surface area contributed by atoms with Crippen LogP contribution in [0.2, 0.25) is 0 Å². The summed E-state index contributed by atoms with van der Waals surface area (Å²) in [5, 5.41) is 29.0. The van der Waals surface area contributed by atoms with E-state index >= 15 is 0 Å². The van der Waals surface area contributed by atoms with Crippen LogP contribution in [0, 0.1) is 0 Å². The summed E-state index contributed by atoms with van der Waals surface area (Å²) in [6, 6.07) is 7.59. The maximum absolute atomic E-state index is 8.60. The minimum atomic E-state index is -1.72. The van der Waals surface area contributed by atoms with Crippen LogP contribution in [0.4, 0.5) is 0 Å². The Hall–Kier alpha value is -1.72. The molecule has 9 nitrogen and oxygen atoms in total. The number of nitrogens with two attached hydrogens (primary N) is 1. The lowest BCUT2D eigenvalue weighted by Gasteiger charge is -2.12. The fraction of sp³-hybridized carbons (Fsp3) is 0.533. The van der Waals surface area contributed by atoms with E-state index in [0.29, 0.717) is 25.2 Å². The highest BCUT2D eigenvalue weighted by Crippen LogP contribution is 2.16. The smallest absolute Gasteiger partial charge is 0.497 e. The Morgan fingerprint density at radius 2 is 2.12 bits per heavy atom. The predicted molar refractivity (Wildman–Crippen MR) is 98.7 cm³/mol. The van der Waals surface area contributed by atoms with Crippen molar-refractivity contribution in [2.75, 3.05) is 13.7 Å². The Bertz CT molecular complexity index is 646. The van der Waals surface area contributed by atoms with E-state index in [0.717, 1.165) is 24.2 Å². The van der Waals surface area contributed by atoms with Gasteiger partial charge in [-0.25, -0.2) is 4.68 Å². The van der Waals surface area contributed by atoms with Crippen molar-refractivity contribution in [3.63, 3.8) is 0 Å². The molecule has 1 atom stereocenters. The number of unbranched alkanes of at least 4 members (excludes halogenated alkanes) is 1. The fourth-order valence-electron chi connectivity index (χ4n) is 2.48. The van der Waals surface area contributed by atoms with Gasteiger partial charge in [0.15, 0.2) is 5.82 Å². The van der Waals surface area contributed by atoms with Gasteiger partial charge in [-0.2, -0.15) is 0 Å². The molecule has 0 radical (unpaired) electrons. The van der Waals surface area contributed by atoms with E-state index in [4.69, 9.17) is 20.5 Å². The molecule has 1 heterocycles. The first kappa shape index (κ1) is 22.3. The van der Waals surface area contributed by atoms with Crippen molar-refractivity contribution in [2.45, 2.75) is 38.3 Å². The molecule has 0 saturated heterocycles. The molecule has 0 fully saturated rings. The van der Waals surface area contributed by atoms with Gasteiger partial charge >= 0.3 is 7.32 Å².